The van der Waals surface area contributed by atoms with Crippen LogP contribution in [0.2, 0.25) is 0 Å². The average molecular weight is 416 g/mol. The molecular formula is C13H17IN6O2. The molecule has 0 unspecified atom stereocenters. The first-order valence-corrected chi connectivity index (χ1v) is 7.97. The first-order valence-electron chi connectivity index (χ1n) is 6.89. The highest BCUT2D eigenvalue weighted by Gasteiger charge is 2.36. The van der Waals surface area contributed by atoms with Gasteiger partial charge in [-0.15, -0.1) is 5.06 Å². The Labute approximate surface area is 141 Å². The van der Waals surface area contributed by atoms with Crippen LogP contribution < -0.4 is 5.73 Å². The van der Waals surface area contributed by atoms with Crippen LogP contribution >= 0.6 is 22.6 Å². The van der Waals surface area contributed by atoms with Crippen LogP contribution in [0.15, 0.2) is 6.33 Å². The lowest BCUT2D eigenvalue weighted by atomic mass is 9.98. The molecule has 0 radical (unpaired) electrons. The van der Waals surface area contributed by atoms with Crippen LogP contribution in [0.5, 0.6) is 0 Å². The molecule has 0 spiro atoms. The van der Waals surface area contributed by atoms with E-state index in [0.29, 0.717) is 24.6 Å². The molecule has 0 saturated carbocycles. The molecule has 0 aromatic carbocycles. The van der Waals surface area contributed by atoms with Crippen LogP contribution in [0.25, 0.3) is 11.0 Å². The predicted octanol–water partition coefficient (Wildman–Crippen LogP) is 1.37. The number of nitrogens with two attached hydrogens (primary N) is 1. The first-order chi connectivity index (χ1) is 10.3. The second-order valence-electron chi connectivity index (χ2n) is 6.32. The van der Waals surface area contributed by atoms with E-state index in [-0.39, 0.29) is 12.0 Å². The maximum absolute atomic E-state index is 11.8. The van der Waals surface area contributed by atoms with E-state index >= 15 is 0 Å². The lowest BCUT2D eigenvalue weighted by Crippen LogP contribution is -2.50. The highest BCUT2D eigenvalue weighted by Crippen LogP contribution is 2.30. The molecule has 1 fully saturated rings. The predicted molar refractivity (Wildman–Crippen MR) is 88.6 cm³/mol. The second kappa shape index (κ2) is 5.30. The van der Waals surface area contributed by atoms with Gasteiger partial charge in [0.05, 0.1) is 29.9 Å². The number of hydroxylamine groups is 2. The molecule has 1 aliphatic heterocycles. The normalized spacial score (nSPS) is 16.7. The van der Waals surface area contributed by atoms with Crippen molar-refractivity contribution in [1.29, 1.82) is 0 Å². The van der Waals surface area contributed by atoms with Crippen molar-refractivity contribution >= 4 is 45.4 Å². The number of halogens is 1. The van der Waals surface area contributed by atoms with E-state index in [4.69, 9.17) is 10.6 Å². The van der Waals surface area contributed by atoms with Crippen molar-refractivity contribution in [2.75, 3.05) is 18.8 Å². The number of anilines is 1. The van der Waals surface area contributed by atoms with Gasteiger partial charge in [0.25, 0.3) is 0 Å². The van der Waals surface area contributed by atoms with Gasteiger partial charge in [-0.25, -0.2) is 19.4 Å². The van der Waals surface area contributed by atoms with E-state index < -0.39 is 5.41 Å². The van der Waals surface area contributed by atoms with Crippen LogP contribution in [0.1, 0.15) is 26.8 Å². The van der Waals surface area contributed by atoms with E-state index in [0.717, 1.165) is 9.09 Å². The van der Waals surface area contributed by atoms with Gasteiger partial charge in [-0.1, -0.05) is 0 Å². The fourth-order valence-electron chi connectivity index (χ4n) is 2.11. The van der Waals surface area contributed by atoms with Crippen LogP contribution in [0.3, 0.4) is 0 Å². The molecule has 0 amide bonds. The molecule has 2 aromatic heterocycles. The number of aromatic nitrogens is 4. The zero-order valence-electron chi connectivity index (χ0n) is 12.6. The third-order valence-corrected chi connectivity index (χ3v) is 4.23. The number of hydrogen-bond acceptors (Lipinski definition) is 7. The number of nitrogens with zero attached hydrogens (tertiary/aromatic N) is 5. The summed E-state index contributed by atoms with van der Waals surface area (Å²) in [6.45, 7) is 6.65. The maximum atomic E-state index is 11.8. The van der Waals surface area contributed by atoms with Crippen molar-refractivity contribution < 1.29 is 9.63 Å². The van der Waals surface area contributed by atoms with Gasteiger partial charge in [-0.3, -0.25) is 0 Å². The van der Waals surface area contributed by atoms with E-state index in [1.54, 1.807) is 5.06 Å². The molecular weight excluding hydrogens is 399 g/mol. The molecule has 2 aromatic rings. The summed E-state index contributed by atoms with van der Waals surface area (Å²) in [4.78, 5) is 25.5. The van der Waals surface area contributed by atoms with Gasteiger partial charge in [0, 0.05) is 0 Å². The molecule has 2 N–H and O–H groups in total. The Morgan fingerprint density at radius 3 is 2.73 bits per heavy atom. The number of carbonyl (C=O) groups excluding carboxylic acids is 1. The summed E-state index contributed by atoms with van der Waals surface area (Å²) in [5.41, 5.74) is 6.08. The lowest BCUT2D eigenvalue weighted by Gasteiger charge is -2.38. The van der Waals surface area contributed by atoms with E-state index in [1.807, 2.05) is 25.5 Å². The minimum absolute atomic E-state index is 0.105. The van der Waals surface area contributed by atoms with Gasteiger partial charge in [0.15, 0.2) is 5.65 Å². The van der Waals surface area contributed by atoms with Crippen molar-refractivity contribution in [3.05, 3.63) is 10.0 Å². The highest BCUT2D eigenvalue weighted by atomic mass is 127. The van der Waals surface area contributed by atoms with Crippen LogP contribution in [-0.2, 0) is 9.63 Å². The molecule has 3 rings (SSSR count). The summed E-state index contributed by atoms with van der Waals surface area (Å²) in [5.74, 6) is 0.188. The van der Waals surface area contributed by atoms with Crippen molar-refractivity contribution in [2.24, 2.45) is 5.41 Å². The van der Waals surface area contributed by atoms with E-state index in [9.17, 15) is 4.79 Å². The van der Waals surface area contributed by atoms with Gasteiger partial charge in [0.1, 0.15) is 15.8 Å². The molecule has 0 atom stereocenters. The topological polar surface area (TPSA) is 99.2 Å². The molecule has 118 valence electrons. The zero-order valence-corrected chi connectivity index (χ0v) is 14.7. The molecule has 9 heteroatoms. The lowest BCUT2D eigenvalue weighted by molar-refractivity contribution is -0.226. The van der Waals surface area contributed by atoms with Crippen LogP contribution in [-0.4, -0.2) is 43.9 Å². The highest BCUT2D eigenvalue weighted by molar-refractivity contribution is 14.1. The minimum Gasteiger partial charge on any atom is -0.383 e. The summed E-state index contributed by atoms with van der Waals surface area (Å²) in [6, 6.07) is 0.105. The van der Waals surface area contributed by atoms with Crippen molar-refractivity contribution in [3.8, 4) is 0 Å². The SMILES string of the molecule is CC(C)(C)C(=O)ON1CC(n2nc(I)c3c(N)ncnc32)C1. The quantitative estimate of drug-likeness (QED) is 0.739. The summed E-state index contributed by atoms with van der Waals surface area (Å²) in [6.07, 6.45) is 1.43. The van der Waals surface area contributed by atoms with Crippen molar-refractivity contribution in [1.82, 2.24) is 24.8 Å². The number of fused-ring (bicyclic) bond motifs is 1. The van der Waals surface area contributed by atoms with Gasteiger partial charge in [-0.05, 0) is 43.4 Å². The van der Waals surface area contributed by atoms with Gasteiger partial charge < -0.3 is 10.6 Å². The monoisotopic (exact) mass is 416 g/mol. The molecule has 1 aliphatic rings. The van der Waals surface area contributed by atoms with Gasteiger partial charge in [-0.2, -0.15) is 5.10 Å². The average Bonchev–Trinajstić information content (AvgIpc) is 2.70. The number of rotatable bonds is 2. The van der Waals surface area contributed by atoms with Crippen LogP contribution in [0.4, 0.5) is 5.82 Å². The molecule has 3 heterocycles. The standard InChI is InChI=1S/C13H17IN6O2/c1-13(2,3)12(21)22-19-4-7(5-19)20-11-8(9(14)18-20)10(15)16-6-17-11/h6-7H,4-5H2,1-3H3,(H2,15,16,17). The third kappa shape index (κ3) is 2.62. The summed E-state index contributed by atoms with van der Waals surface area (Å²) >= 11 is 2.12. The molecule has 1 saturated heterocycles. The minimum atomic E-state index is -0.513. The van der Waals surface area contributed by atoms with Crippen molar-refractivity contribution in [2.45, 2.75) is 26.8 Å². The summed E-state index contributed by atoms with van der Waals surface area (Å²) in [5, 5.41) is 6.90. The number of hydrogen-bond donors (Lipinski definition) is 1. The number of carbonyl (C=O) groups is 1. The second-order valence-corrected chi connectivity index (χ2v) is 7.34. The largest absolute Gasteiger partial charge is 0.383 e. The number of nitrogen functional groups attached to an aromatic ring is 1. The van der Waals surface area contributed by atoms with E-state index in [2.05, 4.69) is 37.7 Å². The summed E-state index contributed by atoms with van der Waals surface area (Å²) in [7, 11) is 0. The fraction of sp³-hybridized carbons (Fsp3) is 0.538. The zero-order chi connectivity index (χ0) is 16.1. The van der Waals surface area contributed by atoms with Gasteiger partial charge in [0.2, 0.25) is 0 Å². The molecule has 22 heavy (non-hydrogen) atoms. The summed E-state index contributed by atoms with van der Waals surface area (Å²) < 4.78 is 2.60. The first kappa shape index (κ1) is 15.4. The Kier molecular flexibility index (Phi) is 3.71. The van der Waals surface area contributed by atoms with Gasteiger partial charge >= 0.3 is 5.97 Å². The molecule has 0 aliphatic carbocycles. The maximum Gasteiger partial charge on any atom is 0.330 e. The Balaban J connectivity index is 1.74. The Bertz CT molecular complexity index is 732. The fourth-order valence-corrected chi connectivity index (χ4v) is 2.86. The molecule has 0 bridgehead atoms. The molecule has 8 nitrogen and oxygen atoms in total. The Morgan fingerprint density at radius 1 is 1.41 bits per heavy atom. The smallest absolute Gasteiger partial charge is 0.330 e. The van der Waals surface area contributed by atoms with E-state index in [1.165, 1.54) is 6.33 Å². The van der Waals surface area contributed by atoms with Crippen LogP contribution in [0, 0.1) is 9.12 Å². The van der Waals surface area contributed by atoms with Crippen molar-refractivity contribution in [3.63, 3.8) is 0 Å². The third-order valence-electron chi connectivity index (χ3n) is 3.47. The Hall–Kier alpha value is -1.49. The Morgan fingerprint density at radius 2 is 2.09 bits per heavy atom.